The maximum Gasteiger partial charge on any atom is 0.255 e. The van der Waals surface area contributed by atoms with E-state index in [1.807, 2.05) is 0 Å². The zero-order chi connectivity index (χ0) is 29.9. The summed E-state index contributed by atoms with van der Waals surface area (Å²) in [5.41, 5.74) is 0.469. The van der Waals surface area contributed by atoms with Crippen LogP contribution in [0.15, 0.2) is 0 Å². The molecule has 0 spiro atoms. The summed E-state index contributed by atoms with van der Waals surface area (Å²) in [4.78, 5) is 4.51. The summed E-state index contributed by atoms with van der Waals surface area (Å²) in [6.07, 6.45) is 14.5. The molecule has 9 heteroatoms. The fraction of sp³-hybridized carbons (Fsp3) is 0.939. The van der Waals surface area contributed by atoms with Crippen LogP contribution in [0.4, 0.5) is 5.95 Å². The van der Waals surface area contributed by atoms with Gasteiger partial charge in [-0.05, 0) is 116 Å². The minimum Gasteiger partial charge on any atom is -0.393 e. The number of rotatable bonds is 8. The minimum atomic E-state index is -3.45. The number of fused-ring (bicyclic) bond motifs is 5. The Morgan fingerprint density at radius 2 is 1.69 bits per heavy atom. The van der Waals surface area contributed by atoms with Gasteiger partial charge in [0.05, 0.1) is 17.5 Å². The first-order chi connectivity index (χ1) is 20.0. The molecule has 5 aliphatic carbocycles. The van der Waals surface area contributed by atoms with Crippen molar-refractivity contribution in [3.63, 3.8) is 0 Å². The molecule has 6 rings (SSSR count). The second-order valence-corrected chi connectivity index (χ2v) is 17.6. The molecule has 0 saturated heterocycles. The largest absolute Gasteiger partial charge is 0.393 e. The van der Waals surface area contributed by atoms with Crippen LogP contribution >= 0.6 is 0 Å². The highest BCUT2D eigenvalue weighted by atomic mass is 32.2. The number of anilines is 1. The lowest BCUT2D eigenvalue weighted by Gasteiger charge is -2.64. The van der Waals surface area contributed by atoms with Gasteiger partial charge in [-0.3, -0.25) is 5.10 Å². The molecular weight excluding hydrogens is 548 g/mol. The summed E-state index contributed by atoms with van der Waals surface area (Å²) < 4.78 is 28.3. The highest BCUT2D eigenvalue weighted by Crippen LogP contribution is 2.69. The number of aliphatic hydroxyl groups is 2. The maximum absolute atomic E-state index is 12.8. The first kappa shape index (κ1) is 30.8. The van der Waals surface area contributed by atoms with E-state index in [2.05, 4.69) is 47.6 Å². The van der Waals surface area contributed by atoms with Gasteiger partial charge >= 0.3 is 0 Å². The molecule has 1 heterocycles. The van der Waals surface area contributed by atoms with E-state index in [0.717, 1.165) is 63.6 Å². The second kappa shape index (κ2) is 11.6. The topological polar surface area (TPSA) is 128 Å². The molecule has 238 valence electrons. The van der Waals surface area contributed by atoms with Gasteiger partial charge in [0, 0.05) is 6.42 Å². The van der Waals surface area contributed by atoms with Crippen LogP contribution in [0.25, 0.3) is 0 Å². The lowest BCUT2D eigenvalue weighted by molar-refractivity contribution is -0.203. The Bertz CT molecular complexity index is 1200. The van der Waals surface area contributed by atoms with Crippen molar-refractivity contribution >= 4 is 16.0 Å². The quantitative estimate of drug-likeness (QED) is 0.285. The average Bonchev–Trinajstić information content (AvgIpc) is 3.56. The number of aromatic nitrogens is 3. The molecule has 4 N–H and O–H groups in total. The van der Waals surface area contributed by atoms with Crippen molar-refractivity contribution in [2.24, 2.45) is 52.3 Å². The average molecular weight is 605 g/mol. The van der Waals surface area contributed by atoms with E-state index in [0.29, 0.717) is 54.3 Å². The van der Waals surface area contributed by atoms with E-state index in [1.165, 1.54) is 25.7 Å². The van der Waals surface area contributed by atoms with Gasteiger partial charge in [-0.1, -0.05) is 53.4 Å². The number of nitrogens with zero attached hydrogens (tertiary/aromatic N) is 2. The smallest absolute Gasteiger partial charge is 0.255 e. The number of H-pyrrole nitrogens is 1. The van der Waals surface area contributed by atoms with Crippen LogP contribution in [0, 0.1) is 52.3 Å². The van der Waals surface area contributed by atoms with E-state index >= 15 is 0 Å². The molecule has 0 unspecified atom stereocenters. The molecule has 0 aliphatic heterocycles. The van der Waals surface area contributed by atoms with Crippen molar-refractivity contribution in [1.29, 1.82) is 0 Å². The van der Waals surface area contributed by atoms with Gasteiger partial charge in [0.15, 0.2) is 0 Å². The van der Waals surface area contributed by atoms with Gasteiger partial charge < -0.3 is 10.2 Å². The Balaban J connectivity index is 1.11. The molecule has 1 aromatic heterocycles. The third-order valence-corrected chi connectivity index (χ3v) is 15.6. The zero-order valence-electron chi connectivity index (χ0n) is 26.4. The van der Waals surface area contributed by atoms with E-state index in [9.17, 15) is 18.6 Å². The van der Waals surface area contributed by atoms with Gasteiger partial charge in [-0.25, -0.2) is 13.1 Å². The number of hydrogen-bond donors (Lipinski definition) is 4. The van der Waals surface area contributed by atoms with E-state index in [1.54, 1.807) is 0 Å². The minimum absolute atomic E-state index is 0.174. The molecule has 42 heavy (non-hydrogen) atoms. The maximum atomic E-state index is 12.8. The summed E-state index contributed by atoms with van der Waals surface area (Å²) in [6, 6.07) is 0. The van der Waals surface area contributed by atoms with Crippen LogP contribution in [-0.4, -0.2) is 51.3 Å². The van der Waals surface area contributed by atoms with Crippen LogP contribution in [0.3, 0.4) is 0 Å². The van der Waals surface area contributed by atoms with E-state index < -0.39 is 10.0 Å². The van der Waals surface area contributed by atoms with Crippen LogP contribution in [-0.2, 0) is 16.4 Å². The first-order valence-electron chi connectivity index (χ1n) is 17.3. The van der Waals surface area contributed by atoms with E-state index in [-0.39, 0.29) is 34.2 Å². The Morgan fingerprint density at radius 3 is 2.43 bits per heavy atom. The van der Waals surface area contributed by atoms with E-state index in [4.69, 9.17) is 0 Å². The van der Waals surface area contributed by atoms with Gasteiger partial charge in [-0.15, -0.1) is 5.10 Å². The zero-order valence-corrected chi connectivity index (χ0v) is 27.2. The lowest BCUT2D eigenvalue weighted by atomic mass is 9.41. The predicted molar refractivity (Wildman–Crippen MR) is 165 cm³/mol. The monoisotopic (exact) mass is 604 g/mol. The number of aromatic amines is 1. The number of aliphatic hydroxyl groups excluding tert-OH is 2. The number of nitrogens with one attached hydrogen (secondary N) is 2. The SMILES string of the molecule is CC[C@H]1[C@@H](O)[C@@H]2[C@H](CC[C@]3(C)[C@@H]([C@H](C)CCc4nc(NS(=O)(=O)C5CCCCC5)n[nH]4)CC[C@@H]23)[C@@]2(C)CC[C@@H](O)C[C@@H]12. The molecule has 0 bridgehead atoms. The van der Waals surface area contributed by atoms with Crippen molar-refractivity contribution in [1.82, 2.24) is 15.2 Å². The van der Waals surface area contributed by atoms with Crippen LogP contribution in [0.5, 0.6) is 0 Å². The molecule has 0 amide bonds. The summed E-state index contributed by atoms with van der Waals surface area (Å²) in [7, 11) is -3.45. The summed E-state index contributed by atoms with van der Waals surface area (Å²) in [6.45, 7) is 9.67. The van der Waals surface area contributed by atoms with Gasteiger partial charge in [0.25, 0.3) is 5.95 Å². The van der Waals surface area contributed by atoms with Crippen molar-refractivity contribution < 1.29 is 18.6 Å². The van der Waals surface area contributed by atoms with Crippen molar-refractivity contribution in [2.75, 3.05) is 4.72 Å². The first-order valence-corrected chi connectivity index (χ1v) is 18.8. The summed E-state index contributed by atoms with van der Waals surface area (Å²) >= 11 is 0. The standard InChI is InChI=1S/C33H56N4O4S/c1-5-23-27-19-21(38)15-17-33(27,4)26-16-18-32(3)24(12-13-25(32)29(26)30(23)39)20(2)11-14-28-34-31(36-35-28)37-42(40,41)22-9-7-6-8-10-22/h20-27,29-30,38-39H,5-19H2,1-4H3,(H2,34,35,36,37)/t20-,21-,23-,24-,25+,26+,27+,29+,30-,32-,33-/m1/s1. The van der Waals surface area contributed by atoms with Crippen LogP contribution < -0.4 is 4.72 Å². The molecular formula is C33H56N4O4S. The third kappa shape index (κ3) is 5.25. The number of hydrogen-bond acceptors (Lipinski definition) is 6. The molecule has 0 aromatic carbocycles. The molecule has 5 fully saturated rings. The Kier molecular flexibility index (Phi) is 8.53. The fourth-order valence-electron chi connectivity index (χ4n) is 11.5. The summed E-state index contributed by atoms with van der Waals surface area (Å²) in [5, 5.41) is 29.4. The Hall–Kier alpha value is -1.19. The molecule has 8 nitrogen and oxygen atoms in total. The van der Waals surface area contributed by atoms with Crippen molar-refractivity contribution in [2.45, 2.75) is 141 Å². The highest BCUT2D eigenvalue weighted by molar-refractivity contribution is 7.93. The Labute approximate surface area is 253 Å². The van der Waals surface area contributed by atoms with Crippen molar-refractivity contribution in [3.05, 3.63) is 5.82 Å². The lowest BCUT2D eigenvalue weighted by Crippen LogP contribution is -2.62. The Morgan fingerprint density at radius 1 is 0.976 bits per heavy atom. The number of sulfonamides is 1. The fourth-order valence-corrected chi connectivity index (χ4v) is 13.0. The summed E-state index contributed by atoms with van der Waals surface area (Å²) in [5.74, 6) is 4.27. The molecule has 5 saturated carbocycles. The van der Waals surface area contributed by atoms with Crippen molar-refractivity contribution in [3.8, 4) is 0 Å². The highest BCUT2D eigenvalue weighted by Gasteiger charge is 2.64. The number of aryl methyl sites for hydroxylation is 1. The molecule has 1 aromatic rings. The molecule has 5 aliphatic rings. The normalized spacial score (nSPS) is 43.3. The molecule has 11 atom stereocenters. The van der Waals surface area contributed by atoms with Gasteiger partial charge in [0.2, 0.25) is 10.0 Å². The third-order valence-electron chi connectivity index (χ3n) is 13.7. The van der Waals surface area contributed by atoms with Crippen LogP contribution in [0.1, 0.15) is 123 Å². The molecule has 0 radical (unpaired) electrons. The van der Waals surface area contributed by atoms with Crippen LogP contribution in [0.2, 0.25) is 0 Å². The second-order valence-electron chi connectivity index (χ2n) is 15.7. The van der Waals surface area contributed by atoms with Gasteiger partial charge in [-0.2, -0.15) is 4.98 Å². The van der Waals surface area contributed by atoms with Gasteiger partial charge in [0.1, 0.15) is 5.82 Å². The predicted octanol–water partition coefficient (Wildman–Crippen LogP) is 6.07.